The van der Waals surface area contributed by atoms with Crippen LogP contribution in [0.25, 0.3) is 11.1 Å². The van der Waals surface area contributed by atoms with E-state index in [9.17, 15) is 9.59 Å². The first-order valence-corrected chi connectivity index (χ1v) is 9.27. The highest BCUT2D eigenvalue weighted by molar-refractivity contribution is 5.77. The van der Waals surface area contributed by atoms with Crippen LogP contribution in [0, 0.1) is 0 Å². The summed E-state index contributed by atoms with van der Waals surface area (Å²) < 4.78 is 0. The lowest BCUT2D eigenvalue weighted by atomic mass is 10.0. The number of hydrogen-bond acceptors (Lipinski definition) is 4. The van der Waals surface area contributed by atoms with E-state index in [-0.39, 0.29) is 0 Å². The Balaban J connectivity index is 0.000000161. The fraction of sp³-hybridized carbons (Fsp3) is 0.167. The highest BCUT2D eigenvalue weighted by Crippen LogP contribution is 2.18. The summed E-state index contributed by atoms with van der Waals surface area (Å²) in [7, 11) is 0. The van der Waals surface area contributed by atoms with E-state index in [1.165, 1.54) is 5.69 Å². The van der Waals surface area contributed by atoms with E-state index >= 15 is 0 Å². The van der Waals surface area contributed by atoms with Gasteiger partial charge in [0, 0.05) is 43.0 Å². The van der Waals surface area contributed by atoms with Gasteiger partial charge < -0.3 is 10.2 Å². The van der Waals surface area contributed by atoms with Crippen molar-refractivity contribution < 1.29 is 9.59 Å². The summed E-state index contributed by atoms with van der Waals surface area (Å²) >= 11 is 0. The molecular weight excluding hydrogens is 348 g/mol. The van der Waals surface area contributed by atoms with Crippen molar-refractivity contribution in [3.63, 3.8) is 0 Å². The van der Waals surface area contributed by atoms with E-state index < -0.39 is 0 Å². The van der Waals surface area contributed by atoms with Crippen LogP contribution in [0.2, 0.25) is 0 Å². The Labute approximate surface area is 165 Å². The molecule has 140 valence electrons. The lowest BCUT2D eigenvalue weighted by Crippen LogP contribution is -2.43. The van der Waals surface area contributed by atoms with Crippen molar-refractivity contribution in [1.82, 2.24) is 5.32 Å². The minimum absolute atomic E-state index is 0.588. The van der Waals surface area contributed by atoms with Gasteiger partial charge in [-0.3, -0.25) is 9.59 Å². The lowest BCUT2D eigenvalue weighted by Gasteiger charge is -2.29. The molecule has 0 spiro atoms. The highest BCUT2D eigenvalue weighted by atomic mass is 16.1. The molecule has 3 aromatic carbocycles. The maximum atomic E-state index is 10.3. The Kier molecular flexibility index (Phi) is 7.10. The van der Waals surface area contributed by atoms with Crippen LogP contribution in [-0.4, -0.2) is 38.8 Å². The average Bonchev–Trinajstić information content (AvgIpc) is 2.81. The molecule has 0 unspecified atom stereocenters. The van der Waals surface area contributed by atoms with Gasteiger partial charge in [-0.1, -0.05) is 54.6 Å². The highest BCUT2D eigenvalue weighted by Gasteiger charge is 2.09. The van der Waals surface area contributed by atoms with Crippen molar-refractivity contribution in [2.75, 3.05) is 31.1 Å². The molecule has 0 bridgehead atoms. The fourth-order valence-corrected chi connectivity index (χ4v) is 3.02. The summed E-state index contributed by atoms with van der Waals surface area (Å²) in [6.45, 7) is 4.12. The van der Waals surface area contributed by atoms with Crippen molar-refractivity contribution in [2.45, 2.75) is 0 Å². The predicted octanol–water partition coefficient (Wildman–Crippen LogP) is 3.37. The summed E-state index contributed by atoms with van der Waals surface area (Å²) in [5.41, 5.74) is 4.66. The van der Waals surface area contributed by atoms with Crippen LogP contribution < -0.4 is 10.2 Å². The molecule has 1 N–H and O–H groups in total. The third kappa shape index (κ3) is 5.38. The first-order valence-electron chi connectivity index (χ1n) is 9.27. The second-order valence-electron chi connectivity index (χ2n) is 6.43. The van der Waals surface area contributed by atoms with Crippen molar-refractivity contribution >= 4 is 18.3 Å². The third-order valence-corrected chi connectivity index (χ3v) is 4.58. The Morgan fingerprint density at radius 1 is 0.643 bits per heavy atom. The molecule has 0 atom stereocenters. The van der Waals surface area contributed by atoms with Gasteiger partial charge in [0.2, 0.25) is 12.6 Å². The summed E-state index contributed by atoms with van der Waals surface area (Å²) in [6.07, 6.45) is 3.73. The van der Waals surface area contributed by atoms with Gasteiger partial charge in [-0.25, -0.2) is 0 Å². The first kappa shape index (κ1) is 19.5. The van der Waals surface area contributed by atoms with Crippen LogP contribution in [0.15, 0.2) is 78.9 Å². The largest absolute Gasteiger partial charge is 0.369 e. The average molecular weight is 370 g/mol. The van der Waals surface area contributed by atoms with Gasteiger partial charge in [-0.2, -0.15) is 0 Å². The maximum Gasteiger partial charge on any atom is 0.233 e. The summed E-state index contributed by atoms with van der Waals surface area (Å²) in [5.74, 6) is 0. The van der Waals surface area contributed by atoms with Gasteiger partial charge in [-0.15, -0.1) is 0 Å². The molecule has 1 aliphatic rings. The zero-order chi connectivity index (χ0) is 19.6. The minimum atomic E-state index is 0.588. The second kappa shape index (κ2) is 10.2. The number of rotatable bonds is 4. The molecule has 0 aliphatic carbocycles. The number of hydrogen-bond donors (Lipinski definition) is 1. The van der Waals surface area contributed by atoms with Gasteiger partial charge in [0.05, 0.1) is 0 Å². The molecule has 0 amide bonds. The zero-order valence-corrected chi connectivity index (χ0v) is 15.6. The molecule has 1 fully saturated rings. The predicted molar refractivity (Wildman–Crippen MR) is 113 cm³/mol. The number of nitrogens with zero attached hydrogens (tertiary/aromatic N) is 1. The Hall–Kier alpha value is -3.24. The number of nitrogens with one attached hydrogen (secondary N) is 1. The van der Waals surface area contributed by atoms with Crippen LogP contribution in [0.3, 0.4) is 0 Å². The van der Waals surface area contributed by atoms with Crippen LogP contribution in [-0.2, 0) is 9.59 Å². The summed E-state index contributed by atoms with van der Waals surface area (Å²) in [4.78, 5) is 23.0. The summed E-state index contributed by atoms with van der Waals surface area (Å²) in [6, 6.07) is 25.0. The van der Waals surface area contributed by atoms with Gasteiger partial charge in [-0.05, 0) is 35.4 Å². The molecular formula is C24H22N2O2. The first-order chi connectivity index (χ1) is 13.8. The molecule has 0 saturated carbocycles. The van der Waals surface area contributed by atoms with Crippen molar-refractivity contribution in [3.05, 3.63) is 90.0 Å². The van der Waals surface area contributed by atoms with Crippen LogP contribution in [0.1, 0.15) is 11.1 Å². The minimum Gasteiger partial charge on any atom is -0.369 e. The molecule has 4 heteroatoms. The van der Waals surface area contributed by atoms with Gasteiger partial charge in [0.15, 0.2) is 0 Å². The molecule has 0 aromatic heterocycles. The van der Waals surface area contributed by atoms with E-state index in [4.69, 9.17) is 0 Å². The Bertz CT molecular complexity index is 869. The topological polar surface area (TPSA) is 49.4 Å². The van der Waals surface area contributed by atoms with E-state index in [1.54, 1.807) is 12.1 Å². The van der Waals surface area contributed by atoms with Crippen LogP contribution in [0.4, 0.5) is 5.69 Å². The molecule has 1 aliphatic heterocycles. The third-order valence-electron chi connectivity index (χ3n) is 4.58. The maximum absolute atomic E-state index is 10.3. The van der Waals surface area contributed by atoms with E-state index in [0.717, 1.165) is 37.3 Å². The quantitative estimate of drug-likeness (QED) is 0.765. The molecule has 1 heterocycles. The monoisotopic (exact) mass is 370 g/mol. The number of anilines is 1. The van der Waals surface area contributed by atoms with Crippen molar-refractivity contribution in [3.8, 4) is 11.1 Å². The van der Waals surface area contributed by atoms with E-state index in [2.05, 4.69) is 10.2 Å². The molecule has 1 saturated heterocycles. The second-order valence-corrected chi connectivity index (χ2v) is 6.43. The van der Waals surface area contributed by atoms with Crippen LogP contribution in [0.5, 0.6) is 0 Å². The van der Waals surface area contributed by atoms with Gasteiger partial charge in [0.25, 0.3) is 0 Å². The molecule has 3 aromatic rings. The number of benzene rings is 3. The number of carbonyl (C=O) groups excluding carboxylic acids is 2. The van der Waals surface area contributed by atoms with E-state index in [1.807, 2.05) is 79.3 Å². The van der Waals surface area contributed by atoms with E-state index in [0.29, 0.717) is 11.1 Å². The standard InChI is InChI=1S/C13H9O.C11H13N2O/c14-10-11-6-8-13(9-7-11)12-4-2-1-3-5-12;14-9-10-1-3-11(4-2-10)13-7-5-12-6-8-13/h1-9H;1-4,12H,5-8H2. The van der Waals surface area contributed by atoms with Crippen molar-refractivity contribution in [1.29, 1.82) is 0 Å². The smallest absolute Gasteiger partial charge is 0.233 e. The molecule has 28 heavy (non-hydrogen) atoms. The lowest BCUT2D eigenvalue weighted by molar-refractivity contribution is 0.562. The molecule has 4 nitrogen and oxygen atoms in total. The normalized spacial score (nSPS) is 13.2. The van der Waals surface area contributed by atoms with Gasteiger partial charge >= 0.3 is 0 Å². The number of piperazine rings is 1. The molecule has 4 rings (SSSR count). The fourth-order valence-electron chi connectivity index (χ4n) is 3.02. The Morgan fingerprint density at radius 3 is 1.68 bits per heavy atom. The summed E-state index contributed by atoms with van der Waals surface area (Å²) in [5, 5.41) is 3.30. The van der Waals surface area contributed by atoms with Gasteiger partial charge in [0.1, 0.15) is 0 Å². The SMILES string of the molecule is O=[C]c1ccc(-c2ccccc2)cc1.O=[C]c1ccc(N2CCNCC2)cc1. The van der Waals surface area contributed by atoms with Crippen molar-refractivity contribution in [2.24, 2.45) is 0 Å². The zero-order valence-electron chi connectivity index (χ0n) is 15.6. The van der Waals surface area contributed by atoms with Crippen LogP contribution >= 0.6 is 0 Å². The Morgan fingerprint density at radius 2 is 1.14 bits per heavy atom. The molecule has 2 radical (unpaired) electrons.